The molecule has 1 aromatic heterocycles. The minimum atomic E-state index is -2.32. The van der Waals surface area contributed by atoms with E-state index < -0.39 is 47.3 Å². The average Bonchev–Trinajstić information content (AvgIpc) is 2.64. The lowest BCUT2D eigenvalue weighted by Gasteiger charge is -2.27. The van der Waals surface area contributed by atoms with Gasteiger partial charge in [-0.2, -0.15) is 0 Å². The molecule has 29 heavy (non-hydrogen) atoms. The molecule has 1 aromatic carbocycles. The largest absolute Gasteiger partial charge is 0.467 e. The monoisotopic (exact) mass is 406 g/mol. The number of benzene rings is 1. The number of ether oxygens (including phenoxy) is 1. The van der Waals surface area contributed by atoms with Gasteiger partial charge in [0.05, 0.1) is 25.3 Å². The fourth-order valence-electron chi connectivity index (χ4n) is 2.76. The van der Waals surface area contributed by atoms with Gasteiger partial charge >= 0.3 is 5.97 Å². The minimum absolute atomic E-state index is 0.0267. The van der Waals surface area contributed by atoms with Gasteiger partial charge in [0, 0.05) is 6.07 Å². The molecule has 10 heteroatoms. The molecule has 0 saturated heterocycles. The van der Waals surface area contributed by atoms with Gasteiger partial charge < -0.3 is 21.5 Å². The molecule has 0 fully saturated rings. The van der Waals surface area contributed by atoms with Crippen LogP contribution in [0.4, 0.5) is 14.6 Å². The number of rotatable bonds is 7. The Hall–Kier alpha value is -3.40. The summed E-state index contributed by atoms with van der Waals surface area (Å²) in [6.07, 6.45) is -0.390. The van der Waals surface area contributed by atoms with Crippen LogP contribution >= 0.6 is 0 Å². The number of amides is 1. The van der Waals surface area contributed by atoms with Crippen molar-refractivity contribution in [3.8, 4) is 0 Å². The number of aromatic nitrogens is 1. The van der Waals surface area contributed by atoms with Gasteiger partial charge in [0.1, 0.15) is 17.5 Å². The summed E-state index contributed by atoms with van der Waals surface area (Å²) in [5, 5.41) is 2.36. The molecular formula is C19H20F2N4O4. The number of ketones is 1. The second-order valence-corrected chi connectivity index (χ2v) is 6.36. The third-order valence-corrected chi connectivity index (χ3v) is 4.13. The summed E-state index contributed by atoms with van der Waals surface area (Å²) in [6.45, 7) is 1.31. The number of nitrogens with two attached hydrogens (primary N) is 2. The van der Waals surface area contributed by atoms with E-state index in [0.717, 1.165) is 19.2 Å². The van der Waals surface area contributed by atoms with Gasteiger partial charge in [0.15, 0.2) is 5.78 Å². The van der Waals surface area contributed by atoms with E-state index in [1.807, 2.05) is 0 Å². The van der Waals surface area contributed by atoms with Gasteiger partial charge in [0.25, 0.3) is 0 Å². The van der Waals surface area contributed by atoms with Crippen LogP contribution in [0.1, 0.15) is 18.2 Å². The highest BCUT2D eigenvalue weighted by Gasteiger charge is 2.48. The van der Waals surface area contributed by atoms with Gasteiger partial charge in [-0.3, -0.25) is 9.59 Å². The highest BCUT2D eigenvalue weighted by molar-refractivity contribution is 6.11. The van der Waals surface area contributed by atoms with Crippen molar-refractivity contribution in [2.75, 3.05) is 12.8 Å². The Morgan fingerprint density at radius 3 is 2.38 bits per heavy atom. The molecule has 1 unspecified atom stereocenters. The normalized spacial score (nSPS) is 13.8. The van der Waals surface area contributed by atoms with E-state index in [1.54, 1.807) is 0 Å². The fourth-order valence-corrected chi connectivity index (χ4v) is 2.76. The second kappa shape index (κ2) is 8.74. The first kappa shape index (κ1) is 21.9. The van der Waals surface area contributed by atoms with Crippen LogP contribution in [0.15, 0.2) is 36.4 Å². The molecule has 1 heterocycles. The summed E-state index contributed by atoms with van der Waals surface area (Å²) < 4.78 is 31.2. The minimum Gasteiger partial charge on any atom is -0.467 e. The summed E-state index contributed by atoms with van der Waals surface area (Å²) in [6, 6.07) is 5.64. The first-order chi connectivity index (χ1) is 13.6. The van der Waals surface area contributed by atoms with E-state index in [9.17, 15) is 23.2 Å². The zero-order valence-electron chi connectivity index (χ0n) is 15.7. The number of anilines is 1. The number of hydrogen-bond acceptors (Lipinski definition) is 7. The Balaban J connectivity index is 2.22. The molecule has 2 atom stereocenters. The van der Waals surface area contributed by atoms with Crippen LogP contribution in [0.5, 0.6) is 0 Å². The van der Waals surface area contributed by atoms with Crippen LogP contribution in [-0.2, 0) is 31.1 Å². The number of carbonyl (C=O) groups excluding carboxylic acids is 3. The van der Waals surface area contributed by atoms with E-state index in [1.165, 1.54) is 25.1 Å². The average molecular weight is 406 g/mol. The zero-order chi connectivity index (χ0) is 21.8. The van der Waals surface area contributed by atoms with Gasteiger partial charge in [-0.1, -0.05) is 6.07 Å². The van der Waals surface area contributed by atoms with Gasteiger partial charge in [0.2, 0.25) is 11.4 Å². The van der Waals surface area contributed by atoms with Crippen molar-refractivity contribution in [2.24, 2.45) is 5.73 Å². The standard InChI is InChI=1S/C19H20F2N4O4/c1-10(24-16(26)8-11-6-12(20)9-13(21)7-11)17(27)19(23,18(28)29-2)14-4-3-5-15(22)25-14/h3-7,9-10H,8,23H2,1-2H3,(H2,22,25)(H,24,26)/t10-,19?/m0/s1. The maximum Gasteiger partial charge on any atom is 0.340 e. The number of methoxy groups -OCH3 is 1. The molecule has 0 saturated carbocycles. The molecule has 0 aliphatic carbocycles. The SMILES string of the molecule is COC(=O)C(N)(C(=O)[C@H](C)NC(=O)Cc1cc(F)cc(F)c1)c1cccc(N)n1. The summed E-state index contributed by atoms with van der Waals surface area (Å²) in [5.41, 5.74) is 9.27. The maximum absolute atomic E-state index is 13.3. The number of halogens is 2. The van der Waals surface area contributed by atoms with Crippen molar-refractivity contribution in [1.29, 1.82) is 0 Å². The summed E-state index contributed by atoms with van der Waals surface area (Å²) in [4.78, 5) is 41.4. The molecule has 5 N–H and O–H groups in total. The smallest absolute Gasteiger partial charge is 0.340 e. The number of nitrogens with zero attached hydrogens (tertiary/aromatic N) is 1. The van der Waals surface area contributed by atoms with Crippen LogP contribution in [0.25, 0.3) is 0 Å². The van der Waals surface area contributed by atoms with Crippen LogP contribution in [0.3, 0.4) is 0 Å². The van der Waals surface area contributed by atoms with Gasteiger partial charge in [-0.05, 0) is 36.8 Å². The van der Waals surface area contributed by atoms with Crippen molar-refractivity contribution in [3.05, 3.63) is 59.3 Å². The Morgan fingerprint density at radius 1 is 1.21 bits per heavy atom. The first-order valence-corrected chi connectivity index (χ1v) is 8.47. The number of nitrogens with one attached hydrogen (secondary N) is 1. The number of pyridine rings is 1. The van der Waals surface area contributed by atoms with E-state index in [0.29, 0.717) is 6.07 Å². The number of hydrogen-bond donors (Lipinski definition) is 3. The third-order valence-electron chi connectivity index (χ3n) is 4.13. The Labute approximate surface area is 165 Å². The van der Waals surface area contributed by atoms with Crippen molar-refractivity contribution < 1.29 is 27.9 Å². The molecule has 2 rings (SSSR count). The van der Waals surface area contributed by atoms with Crippen LogP contribution in [0.2, 0.25) is 0 Å². The van der Waals surface area contributed by atoms with Crippen LogP contribution in [-0.4, -0.2) is 35.8 Å². The second-order valence-electron chi connectivity index (χ2n) is 6.36. The van der Waals surface area contributed by atoms with Crippen LogP contribution < -0.4 is 16.8 Å². The van der Waals surface area contributed by atoms with E-state index in [-0.39, 0.29) is 17.1 Å². The predicted octanol–water partition coefficient (Wildman–Crippen LogP) is 0.585. The zero-order valence-corrected chi connectivity index (χ0v) is 15.7. The fraction of sp³-hybridized carbons (Fsp3) is 0.263. The summed E-state index contributed by atoms with van der Waals surface area (Å²) in [5.74, 6) is -4.34. The van der Waals surface area contributed by atoms with Crippen molar-refractivity contribution in [2.45, 2.75) is 24.9 Å². The Kier molecular flexibility index (Phi) is 6.60. The number of carbonyl (C=O) groups is 3. The molecule has 2 aromatic rings. The van der Waals surface area contributed by atoms with Crippen molar-refractivity contribution in [3.63, 3.8) is 0 Å². The molecule has 8 nitrogen and oxygen atoms in total. The highest BCUT2D eigenvalue weighted by atomic mass is 19.1. The third kappa shape index (κ3) is 4.91. The lowest BCUT2D eigenvalue weighted by Crippen LogP contribution is -2.59. The molecular weight excluding hydrogens is 386 g/mol. The molecule has 0 radical (unpaired) electrons. The molecule has 0 aliphatic rings. The van der Waals surface area contributed by atoms with E-state index in [2.05, 4.69) is 15.0 Å². The van der Waals surface area contributed by atoms with E-state index >= 15 is 0 Å². The number of nitrogen functional groups attached to an aromatic ring is 1. The molecule has 154 valence electrons. The number of Topliss-reactive ketones (excluding diaryl/α,β-unsaturated/α-hetero) is 1. The van der Waals surface area contributed by atoms with E-state index in [4.69, 9.17) is 11.5 Å². The van der Waals surface area contributed by atoms with Crippen molar-refractivity contribution in [1.82, 2.24) is 10.3 Å². The topological polar surface area (TPSA) is 137 Å². The van der Waals surface area contributed by atoms with Gasteiger partial charge in [-0.25, -0.2) is 18.6 Å². The molecule has 0 spiro atoms. The Morgan fingerprint density at radius 2 is 1.83 bits per heavy atom. The summed E-state index contributed by atoms with van der Waals surface area (Å²) >= 11 is 0. The quantitative estimate of drug-likeness (QED) is 0.452. The Bertz CT molecular complexity index is 933. The highest BCUT2D eigenvalue weighted by Crippen LogP contribution is 2.22. The molecule has 0 aliphatic heterocycles. The lowest BCUT2D eigenvalue weighted by atomic mass is 9.86. The lowest BCUT2D eigenvalue weighted by molar-refractivity contribution is -0.153. The first-order valence-electron chi connectivity index (χ1n) is 8.47. The number of esters is 1. The predicted molar refractivity (Wildman–Crippen MR) is 99.2 cm³/mol. The summed E-state index contributed by atoms with van der Waals surface area (Å²) in [7, 11) is 1.05. The van der Waals surface area contributed by atoms with Crippen LogP contribution in [0, 0.1) is 11.6 Å². The van der Waals surface area contributed by atoms with Gasteiger partial charge in [-0.15, -0.1) is 0 Å². The molecule has 1 amide bonds. The molecule has 0 bridgehead atoms. The maximum atomic E-state index is 13.3. The van der Waals surface area contributed by atoms with Crippen molar-refractivity contribution >= 4 is 23.5 Å².